The summed E-state index contributed by atoms with van der Waals surface area (Å²) < 4.78 is 44.7. The molecule has 0 aliphatic carbocycles. The van der Waals surface area contributed by atoms with Gasteiger partial charge in [0.15, 0.2) is 19.7 Å². The number of rotatable bonds is 4. The molecule has 0 fully saturated rings. The Kier molecular flexibility index (Phi) is 3.71. The molecule has 0 aromatic rings. The van der Waals surface area contributed by atoms with Crippen molar-refractivity contribution >= 4 is 19.7 Å². The van der Waals surface area contributed by atoms with Gasteiger partial charge in [-0.3, -0.25) is 0 Å². The van der Waals surface area contributed by atoms with E-state index in [-0.39, 0.29) is 0 Å². The standard InChI is InChI=1S/C6H15NO5S2/c1-6(7,14(3,11)12)5(4-8)13(2,9)10/h5,8H,4,7H2,1-3H3. The number of hydrogen-bond donors (Lipinski definition) is 2. The predicted octanol–water partition coefficient (Wildman–Crippen LogP) is -1.89. The zero-order chi connectivity index (χ0) is 11.8. The molecule has 0 aliphatic rings. The molecule has 0 amide bonds. The van der Waals surface area contributed by atoms with Gasteiger partial charge in [-0.1, -0.05) is 0 Å². The maximum Gasteiger partial charge on any atom is 0.167 e. The largest absolute Gasteiger partial charge is 0.395 e. The molecule has 0 rings (SSSR count). The molecule has 0 saturated heterocycles. The van der Waals surface area contributed by atoms with E-state index >= 15 is 0 Å². The number of aliphatic hydroxyl groups excluding tert-OH is 1. The minimum Gasteiger partial charge on any atom is -0.395 e. The van der Waals surface area contributed by atoms with Crippen LogP contribution in [-0.4, -0.2) is 51.2 Å². The SMILES string of the molecule is CC(N)(C(CO)S(C)(=O)=O)S(C)(=O)=O. The van der Waals surface area contributed by atoms with Crippen molar-refractivity contribution in [3.63, 3.8) is 0 Å². The molecule has 0 aliphatic heterocycles. The van der Waals surface area contributed by atoms with Crippen molar-refractivity contribution in [1.29, 1.82) is 0 Å². The van der Waals surface area contributed by atoms with Crippen LogP contribution in [0.3, 0.4) is 0 Å². The van der Waals surface area contributed by atoms with Crippen LogP contribution in [0.1, 0.15) is 6.92 Å². The molecule has 86 valence electrons. The maximum atomic E-state index is 11.2. The molecule has 3 N–H and O–H groups in total. The van der Waals surface area contributed by atoms with E-state index in [4.69, 9.17) is 10.8 Å². The first-order valence-electron chi connectivity index (χ1n) is 3.72. The average molecular weight is 245 g/mol. The molecule has 0 aromatic heterocycles. The number of sulfone groups is 2. The predicted molar refractivity (Wildman–Crippen MR) is 53.2 cm³/mol. The van der Waals surface area contributed by atoms with Crippen molar-refractivity contribution in [2.75, 3.05) is 19.1 Å². The second kappa shape index (κ2) is 3.76. The Morgan fingerprint density at radius 1 is 1.29 bits per heavy atom. The van der Waals surface area contributed by atoms with Gasteiger partial charge in [-0.25, -0.2) is 16.8 Å². The molecule has 0 aromatic carbocycles. The summed E-state index contributed by atoms with van der Waals surface area (Å²) in [5.41, 5.74) is 5.41. The summed E-state index contributed by atoms with van der Waals surface area (Å²) >= 11 is 0. The van der Waals surface area contributed by atoms with Crippen molar-refractivity contribution in [2.24, 2.45) is 5.73 Å². The van der Waals surface area contributed by atoms with Crippen molar-refractivity contribution < 1.29 is 21.9 Å². The summed E-state index contributed by atoms with van der Waals surface area (Å²) in [5, 5.41) is 7.33. The summed E-state index contributed by atoms with van der Waals surface area (Å²) in [6.07, 6.45) is 1.67. The molecule has 2 atom stereocenters. The lowest BCUT2D eigenvalue weighted by molar-refractivity contribution is 0.271. The second-order valence-electron chi connectivity index (χ2n) is 3.46. The van der Waals surface area contributed by atoms with Gasteiger partial charge in [0.2, 0.25) is 0 Å². The Bertz CT molecular complexity index is 394. The van der Waals surface area contributed by atoms with Crippen molar-refractivity contribution in [3.8, 4) is 0 Å². The minimum atomic E-state index is -3.76. The van der Waals surface area contributed by atoms with Gasteiger partial charge < -0.3 is 10.8 Å². The van der Waals surface area contributed by atoms with E-state index in [0.29, 0.717) is 0 Å². The second-order valence-corrected chi connectivity index (χ2v) is 8.11. The average Bonchev–Trinajstić information content (AvgIpc) is 1.80. The van der Waals surface area contributed by atoms with Crippen LogP contribution < -0.4 is 5.73 Å². The lowest BCUT2D eigenvalue weighted by atomic mass is 10.2. The first-order valence-corrected chi connectivity index (χ1v) is 7.57. The third-order valence-corrected chi connectivity index (χ3v) is 5.82. The number of aliphatic hydroxyl groups is 1. The van der Waals surface area contributed by atoms with Gasteiger partial charge in [-0.05, 0) is 6.92 Å². The van der Waals surface area contributed by atoms with Gasteiger partial charge in [-0.15, -0.1) is 0 Å². The molecule has 0 spiro atoms. The quantitative estimate of drug-likeness (QED) is 0.598. The van der Waals surface area contributed by atoms with Gasteiger partial charge in [0.1, 0.15) is 10.1 Å². The monoisotopic (exact) mass is 245 g/mol. The minimum absolute atomic E-state index is 0.821. The maximum absolute atomic E-state index is 11.2. The highest BCUT2D eigenvalue weighted by molar-refractivity contribution is 7.95. The highest BCUT2D eigenvalue weighted by Gasteiger charge is 2.45. The normalized spacial score (nSPS) is 20.1. The topological polar surface area (TPSA) is 115 Å². The van der Waals surface area contributed by atoms with Crippen LogP contribution in [0.15, 0.2) is 0 Å². The molecule has 0 saturated carbocycles. The summed E-state index contributed by atoms with van der Waals surface area (Å²) in [6, 6.07) is 0. The molecule has 14 heavy (non-hydrogen) atoms. The smallest absolute Gasteiger partial charge is 0.167 e. The lowest BCUT2D eigenvalue weighted by Crippen LogP contribution is -2.58. The van der Waals surface area contributed by atoms with Crippen LogP contribution in [0, 0.1) is 0 Å². The Morgan fingerprint density at radius 2 is 1.64 bits per heavy atom. The third-order valence-electron chi connectivity index (χ3n) is 2.12. The first-order chi connectivity index (χ1) is 5.94. The molecule has 0 bridgehead atoms. The highest BCUT2D eigenvalue weighted by Crippen LogP contribution is 2.19. The molecular weight excluding hydrogens is 230 g/mol. The van der Waals surface area contributed by atoms with E-state index < -0.39 is 36.4 Å². The molecule has 2 unspecified atom stereocenters. The number of hydrogen-bond acceptors (Lipinski definition) is 6. The summed E-state index contributed by atoms with van der Waals surface area (Å²) in [5.74, 6) is 0. The fourth-order valence-electron chi connectivity index (χ4n) is 0.980. The molecular formula is C6H15NO5S2. The molecule has 6 nitrogen and oxygen atoms in total. The Morgan fingerprint density at radius 3 is 1.71 bits per heavy atom. The fraction of sp³-hybridized carbons (Fsp3) is 1.00. The Balaban J connectivity index is 5.49. The molecule has 0 radical (unpaired) electrons. The Labute approximate surface area is 83.9 Å². The van der Waals surface area contributed by atoms with Gasteiger partial charge >= 0.3 is 0 Å². The summed E-state index contributed by atoms with van der Waals surface area (Å²) in [6.45, 7) is 0.253. The van der Waals surface area contributed by atoms with Crippen LogP contribution in [0.4, 0.5) is 0 Å². The van der Waals surface area contributed by atoms with Crippen molar-refractivity contribution in [1.82, 2.24) is 0 Å². The van der Waals surface area contributed by atoms with E-state index in [9.17, 15) is 16.8 Å². The fourth-order valence-corrected chi connectivity index (χ4v) is 3.70. The van der Waals surface area contributed by atoms with Crippen LogP contribution in [0.25, 0.3) is 0 Å². The lowest BCUT2D eigenvalue weighted by Gasteiger charge is -2.29. The van der Waals surface area contributed by atoms with E-state index in [2.05, 4.69) is 0 Å². The highest BCUT2D eigenvalue weighted by atomic mass is 32.2. The third kappa shape index (κ3) is 2.66. The number of nitrogens with two attached hydrogens (primary N) is 1. The van der Waals surface area contributed by atoms with Crippen molar-refractivity contribution in [3.05, 3.63) is 0 Å². The van der Waals surface area contributed by atoms with Crippen molar-refractivity contribution in [2.45, 2.75) is 17.0 Å². The van der Waals surface area contributed by atoms with E-state index in [1.807, 2.05) is 0 Å². The van der Waals surface area contributed by atoms with E-state index in [1.54, 1.807) is 0 Å². The van der Waals surface area contributed by atoms with Gasteiger partial charge in [0.25, 0.3) is 0 Å². The summed E-state index contributed by atoms with van der Waals surface area (Å²) in [4.78, 5) is -1.98. The van der Waals surface area contributed by atoms with E-state index in [0.717, 1.165) is 19.4 Å². The Hall–Kier alpha value is -0.180. The summed E-state index contributed by atoms with van der Waals surface area (Å²) in [7, 11) is -7.47. The zero-order valence-corrected chi connectivity index (χ0v) is 9.89. The van der Waals surface area contributed by atoms with Crippen LogP contribution in [0.2, 0.25) is 0 Å². The van der Waals surface area contributed by atoms with Gasteiger partial charge in [0, 0.05) is 12.5 Å². The molecule has 8 heteroatoms. The van der Waals surface area contributed by atoms with Gasteiger partial charge in [0.05, 0.1) is 6.61 Å². The van der Waals surface area contributed by atoms with Crippen LogP contribution >= 0.6 is 0 Å². The molecule has 0 heterocycles. The van der Waals surface area contributed by atoms with E-state index in [1.165, 1.54) is 0 Å². The first kappa shape index (κ1) is 13.8. The van der Waals surface area contributed by atoms with Gasteiger partial charge in [-0.2, -0.15) is 0 Å². The van der Waals surface area contributed by atoms with Crippen LogP contribution in [-0.2, 0) is 19.7 Å². The zero-order valence-electron chi connectivity index (χ0n) is 8.26. The van der Waals surface area contributed by atoms with Crippen LogP contribution in [0.5, 0.6) is 0 Å².